The number of hydrogen-bond donors (Lipinski definition) is 1. The molecule has 1 aromatic carbocycles. The fraction of sp³-hybridized carbons (Fsp3) is 0.417. The van der Waals surface area contributed by atoms with Crippen LogP contribution in [0.2, 0.25) is 0 Å². The van der Waals surface area contributed by atoms with Crippen molar-refractivity contribution in [3.63, 3.8) is 0 Å². The van der Waals surface area contributed by atoms with Crippen molar-refractivity contribution in [1.82, 2.24) is 3.89 Å². The van der Waals surface area contributed by atoms with Gasteiger partial charge in [-0.15, -0.1) is 0 Å². The molecule has 0 aliphatic heterocycles. The molecule has 0 saturated heterocycles. The number of carbonyl (C=O) groups is 1. The number of carbonyl (C=O) groups excluding carboxylic acids is 1. The monoisotopic (exact) mass is 359 g/mol. The summed E-state index contributed by atoms with van der Waals surface area (Å²) < 4.78 is 89.0. The van der Waals surface area contributed by atoms with Crippen LogP contribution < -0.4 is 9.62 Å². The molecular weight excluding hydrogens is 347 g/mol. The highest BCUT2D eigenvalue weighted by Gasteiger charge is 2.68. The molecule has 2 rings (SSSR count). The highest BCUT2D eigenvalue weighted by atomic mass is 32.2. The smallest absolute Gasteiger partial charge is 0.365 e. The van der Waals surface area contributed by atoms with Crippen LogP contribution in [0.4, 0.5) is 27.6 Å². The largest absolute Gasteiger partial charge is 0.549 e. The molecule has 1 fully saturated rings. The van der Waals surface area contributed by atoms with E-state index in [0.29, 0.717) is 12.1 Å². The molecule has 0 spiro atoms. The first-order valence-corrected chi connectivity index (χ1v) is 7.81. The van der Waals surface area contributed by atoms with Gasteiger partial charge in [-0.1, -0.05) is 6.07 Å². The van der Waals surface area contributed by atoms with E-state index in [0.717, 1.165) is 6.07 Å². The Morgan fingerprint density at radius 3 is 2.26 bits per heavy atom. The third-order valence-corrected chi connectivity index (χ3v) is 5.65. The van der Waals surface area contributed by atoms with E-state index in [9.17, 15) is 35.2 Å². The van der Waals surface area contributed by atoms with Crippen molar-refractivity contribution in [2.45, 2.75) is 24.4 Å². The Bertz CT molecular complexity index is 746. The number of primary amides is 1. The third-order valence-electron chi connectivity index (χ3n) is 3.59. The summed E-state index contributed by atoms with van der Waals surface area (Å²) >= 11 is 0. The highest BCUT2D eigenvalue weighted by Crippen LogP contribution is 2.47. The zero-order valence-corrected chi connectivity index (χ0v) is 12.3. The van der Waals surface area contributed by atoms with Gasteiger partial charge in [0, 0.05) is 18.9 Å². The third kappa shape index (κ3) is 2.67. The van der Waals surface area contributed by atoms with Crippen molar-refractivity contribution in [2.75, 3.05) is 6.54 Å². The maximum atomic E-state index is 14.1. The zero-order valence-electron chi connectivity index (χ0n) is 11.5. The van der Waals surface area contributed by atoms with Gasteiger partial charge in [0.25, 0.3) is 5.91 Å². The van der Waals surface area contributed by atoms with Crippen LogP contribution in [0.1, 0.15) is 12.8 Å². The average molecular weight is 359 g/mol. The van der Waals surface area contributed by atoms with Crippen LogP contribution >= 0.6 is 0 Å². The van der Waals surface area contributed by atoms with Gasteiger partial charge in [-0.3, -0.25) is 4.79 Å². The number of rotatable bonds is 5. The van der Waals surface area contributed by atoms with Crippen LogP contribution in [0.5, 0.6) is 0 Å². The summed E-state index contributed by atoms with van der Waals surface area (Å²) in [6.45, 7) is -1.34. The molecule has 1 aromatic rings. The summed E-state index contributed by atoms with van der Waals surface area (Å²) in [6, 6.07) is 0.981. The Morgan fingerprint density at radius 2 is 1.83 bits per heavy atom. The maximum Gasteiger partial charge on any atom is 0.549 e. The number of benzene rings is 1. The van der Waals surface area contributed by atoms with Crippen molar-refractivity contribution in [3.05, 3.63) is 29.8 Å². The molecule has 23 heavy (non-hydrogen) atoms. The first kappa shape index (κ1) is 17.6. The Labute approximate surface area is 128 Å². The molecule has 1 amide bonds. The van der Waals surface area contributed by atoms with Crippen LogP contribution in [0.25, 0.3) is 0 Å². The van der Waals surface area contributed by atoms with E-state index in [-0.39, 0.29) is 12.8 Å². The van der Waals surface area contributed by atoms with Crippen molar-refractivity contribution in [1.29, 1.82) is 0 Å². The number of nitrogens with two attached hydrogens (primary N) is 1. The van der Waals surface area contributed by atoms with Crippen LogP contribution in [0.15, 0.2) is 18.2 Å². The second kappa shape index (κ2) is 5.41. The molecule has 0 heterocycles. The Morgan fingerprint density at radius 1 is 1.26 bits per heavy atom. The van der Waals surface area contributed by atoms with Crippen LogP contribution in [-0.2, 0) is 14.8 Å². The number of sulfonamides is 1. The standard InChI is InChI=1S/C12H11F5N2O3S/c13-8-2-1-3-9(11(8)14)19(6-10(18)20,7-4-5-7)23(21,22)12(15,16)17/h1-3,7H,4-6H2,(H-,18,20)/p+1. The Balaban J connectivity index is 2.84. The molecule has 0 aromatic heterocycles. The van der Waals surface area contributed by atoms with Crippen molar-refractivity contribution in [3.8, 4) is 0 Å². The molecule has 1 atom stereocenters. The second-order valence-corrected chi connectivity index (χ2v) is 7.21. The van der Waals surface area contributed by atoms with Gasteiger partial charge in [-0.05, 0) is 6.07 Å². The lowest BCUT2D eigenvalue weighted by molar-refractivity contribution is -0.118. The number of quaternary nitrogens is 1. The van der Waals surface area contributed by atoms with Crippen LogP contribution in [0.3, 0.4) is 0 Å². The molecular formula is C12H12F5N2O3S+. The molecule has 1 saturated carbocycles. The van der Waals surface area contributed by atoms with E-state index in [1.807, 2.05) is 0 Å². The number of alkyl halides is 3. The molecule has 0 bridgehead atoms. The number of hydrogen-bond acceptors (Lipinski definition) is 3. The second-order valence-electron chi connectivity index (χ2n) is 5.14. The van der Waals surface area contributed by atoms with Crippen molar-refractivity contribution >= 4 is 21.6 Å². The average Bonchev–Trinajstić information content (AvgIpc) is 3.22. The quantitative estimate of drug-likeness (QED) is 0.643. The SMILES string of the molecule is NC(=O)C[N+](c1cccc(F)c1F)(C1CC1)S(=O)(=O)C(F)(F)F. The fourth-order valence-corrected chi connectivity index (χ4v) is 4.18. The molecule has 2 N–H and O–H groups in total. The van der Waals surface area contributed by atoms with Crippen molar-refractivity contribution < 1.29 is 35.2 Å². The summed E-state index contributed by atoms with van der Waals surface area (Å²) in [4.78, 5) is 11.2. The summed E-state index contributed by atoms with van der Waals surface area (Å²) in [7, 11) is -6.09. The molecule has 11 heteroatoms. The van der Waals surface area contributed by atoms with Gasteiger partial charge in [0.2, 0.25) is 5.82 Å². The maximum absolute atomic E-state index is 14.1. The minimum atomic E-state index is -6.09. The molecule has 0 radical (unpaired) electrons. The molecule has 128 valence electrons. The minimum absolute atomic E-state index is 0.00145. The number of halogens is 5. The van der Waals surface area contributed by atoms with Gasteiger partial charge < -0.3 is 5.73 Å². The van der Waals surface area contributed by atoms with E-state index in [4.69, 9.17) is 5.73 Å². The minimum Gasteiger partial charge on any atom is -0.365 e. The summed E-state index contributed by atoms with van der Waals surface area (Å²) in [5.74, 6) is -4.66. The topological polar surface area (TPSA) is 77.2 Å². The Hall–Kier alpha value is -1.75. The lowest BCUT2D eigenvalue weighted by atomic mass is 10.2. The van der Waals surface area contributed by atoms with Gasteiger partial charge in [0.1, 0.15) is 6.04 Å². The number of nitrogens with zero attached hydrogens (tertiary/aromatic N) is 1. The van der Waals surface area contributed by atoms with E-state index >= 15 is 0 Å². The normalized spacial score (nSPS) is 18.5. The lowest BCUT2D eigenvalue weighted by Crippen LogP contribution is -2.63. The van der Waals surface area contributed by atoms with Crippen LogP contribution in [-0.4, -0.2) is 32.4 Å². The first-order chi connectivity index (χ1) is 10.4. The predicted octanol–water partition coefficient (Wildman–Crippen LogP) is 1.77. The summed E-state index contributed by atoms with van der Waals surface area (Å²) in [6.07, 6.45) is -0.00289. The van der Waals surface area contributed by atoms with Gasteiger partial charge >= 0.3 is 15.5 Å². The zero-order chi connectivity index (χ0) is 17.6. The molecule has 1 aliphatic rings. The van der Waals surface area contributed by atoms with E-state index < -0.39 is 55.2 Å². The van der Waals surface area contributed by atoms with Gasteiger partial charge in [0.05, 0.1) is 0 Å². The van der Waals surface area contributed by atoms with E-state index in [2.05, 4.69) is 0 Å². The van der Waals surface area contributed by atoms with E-state index in [1.54, 1.807) is 0 Å². The fourth-order valence-electron chi connectivity index (χ4n) is 2.51. The summed E-state index contributed by atoms with van der Waals surface area (Å²) in [5, 5.41) is 0. The van der Waals surface area contributed by atoms with Gasteiger partial charge in [-0.2, -0.15) is 29.9 Å². The number of amides is 1. The summed E-state index contributed by atoms with van der Waals surface area (Å²) in [5.41, 5.74) is -1.95. The first-order valence-electron chi connectivity index (χ1n) is 6.37. The predicted molar refractivity (Wildman–Crippen MR) is 70.2 cm³/mol. The van der Waals surface area contributed by atoms with Crippen LogP contribution in [0, 0.1) is 11.6 Å². The van der Waals surface area contributed by atoms with Gasteiger partial charge in [-0.25, -0.2) is 4.39 Å². The molecule has 1 aliphatic carbocycles. The van der Waals surface area contributed by atoms with E-state index in [1.165, 1.54) is 0 Å². The Kier molecular flexibility index (Phi) is 4.14. The lowest BCUT2D eigenvalue weighted by Gasteiger charge is -2.35. The molecule has 1 unspecified atom stereocenters. The van der Waals surface area contributed by atoms with Crippen molar-refractivity contribution in [2.24, 2.45) is 5.73 Å². The molecule has 5 nitrogen and oxygen atoms in total. The van der Waals surface area contributed by atoms with Gasteiger partial charge in [0.15, 0.2) is 18.0 Å². The highest BCUT2D eigenvalue weighted by molar-refractivity contribution is 7.91.